The molecule has 0 aromatic heterocycles. The standard InChI is InChI=1S/C15H19NO3S/c1-2-16(14-10-11-20(18,19)12-14)15(17)9-8-13-6-4-3-5-7-13/h3-9,14H,2,10-12H2,1H3/b9-8+. The van der Waals surface area contributed by atoms with Crippen molar-refractivity contribution in [2.75, 3.05) is 18.1 Å². The fourth-order valence-corrected chi connectivity index (χ4v) is 4.17. The Labute approximate surface area is 120 Å². The maximum absolute atomic E-state index is 12.2. The first-order valence-electron chi connectivity index (χ1n) is 6.76. The van der Waals surface area contributed by atoms with Crippen molar-refractivity contribution in [2.45, 2.75) is 19.4 Å². The molecule has 1 saturated heterocycles. The van der Waals surface area contributed by atoms with Crippen molar-refractivity contribution in [3.63, 3.8) is 0 Å². The van der Waals surface area contributed by atoms with Gasteiger partial charge in [-0.25, -0.2) is 8.42 Å². The van der Waals surface area contributed by atoms with Crippen molar-refractivity contribution in [3.8, 4) is 0 Å². The summed E-state index contributed by atoms with van der Waals surface area (Å²) in [6.07, 6.45) is 3.82. The molecule has 2 rings (SSSR count). The first-order chi connectivity index (χ1) is 9.52. The molecule has 1 amide bonds. The van der Waals surface area contributed by atoms with E-state index in [0.717, 1.165) is 5.56 Å². The zero-order valence-corrected chi connectivity index (χ0v) is 12.3. The summed E-state index contributed by atoms with van der Waals surface area (Å²) in [7, 11) is -2.97. The van der Waals surface area contributed by atoms with Crippen LogP contribution in [0.15, 0.2) is 36.4 Å². The van der Waals surface area contributed by atoms with Crippen LogP contribution in [0.1, 0.15) is 18.9 Å². The Morgan fingerprint density at radius 3 is 2.60 bits per heavy atom. The van der Waals surface area contributed by atoms with E-state index in [9.17, 15) is 13.2 Å². The van der Waals surface area contributed by atoms with Gasteiger partial charge in [-0.05, 0) is 25.0 Å². The van der Waals surface area contributed by atoms with Gasteiger partial charge in [0.05, 0.1) is 11.5 Å². The monoisotopic (exact) mass is 293 g/mol. The summed E-state index contributed by atoms with van der Waals surface area (Å²) in [5, 5.41) is 0. The van der Waals surface area contributed by atoms with Gasteiger partial charge in [-0.3, -0.25) is 4.79 Å². The Hall–Kier alpha value is -1.62. The van der Waals surface area contributed by atoms with Crippen molar-refractivity contribution in [1.29, 1.82) is 0 Å². The number of nitrogens with zero attached hydrogens (tertiary/aromatic N) is 1. The second-order valence-electron chi connectivity index (χ2n) is 4.93. The summed E-state index contributed by atoms with van der Waals surface area (Å²) < 4.78 is 23.0. The van der Waals surface area contributed by atoms with E-state index < -0.39 is 9.84 Å². The smallest absolute Gasteiger partial charge is 0.246 e. The van der Waals surface area contributed by atoms with E-state index in [-0.39, 0.29) is 23.5 Å². The highest BCUT2D eigenvalue weighted by Gasteiger charge is 2.33. The van der Waals surface area contributed by atoms with Crippen LogP contribution in [-0.2, 0) is 14.6 Å². The second kappa shape index (κ2) is 6.22. The van der Waals surface area contributed by atoms with Gasteiger partial charge < -0.3 is 4.90 Å². The number of rotatable bonds is 4. The van der Waals surface area contributed by atoms with Gasteiger partial charge in [0.15, 0.2) is 9.84 Å². The zero-order chi connectivity index (χ0) is 14.6. The Morgan fingerprint density at radius 2 is 2.05 bits per heavy atom. The van der Waals surface area contributed by atoms with Gasteiger partial charge in [0.25, 0.3) is 0 Å². The number of carbonyl (C=O) groups excluding carboxylic acids is 1. The summed E-state index contributed by atoms with van der Waals surface area (Å²) >= 11 is 0. The van der Waals surface area contributed by atoms with Gasteiger partial charge in [-0.1, -0.05) is 30.3 Å². The number of benzene rings is 1. The van der Waals surface area contributed by atoms with Crippen molar-refractivity contribution in [3.05, 3.63) is 42.0 Å². The summed E-state index contributed by atoms with van der Waals surface area (Å²) in [5.74, 6) is 0.147. The lowest BCUT2D eigenvalue weighted by atomic mass is 10.2. The maximum Gasteiger partial charge on any atom is 0.246 e. The van der Waals surface area contributed by atoms with Crippen LogP contribution in [0.3, 0.4) is 0 Å². The minimum atomic E-state index is -2.97. The van der Waals surface area contributed by atoms with E-state index in [0.29, 0.717) is 13.0 Å². The van der Waals surface area contributed by atoms with E-state index in [1.807, 2.05) is 37.3 Å². The molecule has 1 atom stereocenters. The van der Waals surface area contributed by atoms with Gasteiger partial charge in [-0.2, -0.15) is 0 Å². The fraction of sp³-hybridized carbons (Fsp3) is 0.400. The third kappa shape index (κ3) is 3.70. The molecule has 1 fully saturated rings. The first kappa shape index (κ1) is 14.8. The van der Waals surface area contributed by atoms with Crippen LogP contribution in [0.4, 0.5) is 0 Å². The number of likely N-dealkylation sites (N-methyl/N-ethyl adjacent to an activating group) is 1. The number of carbonyl (C=O) groups is 1. The lowest BCUT2D eigenvalue weighted by Crippen LogP contribution is -2.40. The average molecular weight is 293 g/mol. The van der Waals surface area contributed by atoms with Crippen LogP contribution < -0.4 is 0 Å². The van der Waals surface area contributed by atoms with Crippen molar-refractivity contribution in [2.24, 2.45) is 0 Å². The Balaban J connectivity index is 2.05. The largest absolute Gasteiger partial charge is 0.335 e. The number of amides is 1. The molecule has 1 aromatic rings. The highest BCUT2D eigenvalue weighted by molar-refractivity contribution is 7.91. The molecule has 1 aliphatic heterocycles. The number of hydrogen-bond acceptors (Lipinski definition) is 3. The average Bonchev–Trinajstić information content (AvgIpc) is 2.78. The van der Waals surface area contributed by atoms with Crippen molar-refractivity contribution < 1.29 is 13.2 Å². The predicted octanol–water partition coefficient (Wildman–Crippen LogP) is 1.74. The van der Waals surface area contributed by atoms with Gasteiger partial charge in [-0.15, -0.1) is 0 Å². The number of hydrogen-bond donors (Lipinski definition) is 0. The highest BCUT2D eigenvalue weighted by atomic mass is 32.2. The second-order valence-corrected chi connectivity index (χ2v) is 7.15. The van der Waals surface area contributed by atoms with E-state index in [1.165, 1.54) is 6.08 Å². The topological polar surface area (TPSA) is 54.5 Å². The molecule has 0 saturated carbocycles. The molecule has 5 heteroatoms. The third-order valence-electron chi connectivity index (χ3n) is 3.49. The van der Waals surface area contributed by atoms with Crippen molar-refractivity contribution >= 4 is 21.8 Å². The molecule has 4 nitrogen and oxygen atoms in total. The molecule has 1 aromatic carbocycles. The van der Waals surface area contributed by atoms with Gasteiger partial charge in [0.2, 0.25) is 5.91 Å². The Bertz CT molecular complexity index is 593. The highest BCUT2D eigenvalue weighted by Crippen LogP contribution is 2.18. The first-order valence-corrected chi connectivity index (χ1v) is 8.58. The normalized spacial score (nSPS) is 21.1. The quantitative estimate of drug-likeness (QED) is 0.795. The van der Waals surface area contributed by atoms with Crippen LogP contribution >= 0.6 is 0 Å². The maximum atomic E-state index is 12.2. The minimum Gasteiger partial charge on any atom is -0.335 e. The van der Waals surface area contributed by atoms with E-state index in [2.05, 4.69) is 0 Å². The molecule has 1 unspecified atom stereocenters. The molecule has 1 aliphatic rings. The van der Waals surface area contributed by atoms with Crippen LogP contribution in [0.2, 0.25) is 0 Å². The minimum absolute atomic E-state index is 0.0890. The molecule has 1 heterocycles. The van der Waals surface area contributed by atoms with Crippen LogP contribution in [0.25, 0.3) is 6.08 Å². The predicted molar refractivity (Wildman–Crippen MR) is 79.9 cm³/mol. The van der Waals surface area contributed by atoms with Crippen LogP contribution in [-0.4, -0.2) is 43.3 Å². The van der Waals surface area contributed by atoms with Gasteiger partial charge in [0, 0.05) is 18.7 Å². The van der Waals surface area contributed by atoms with E-state index >= 15 is 0 Å². The summed E-state index contributed by atoms with van der Waals surface area (Å²) in [4.78, 5) is 13.8. The molecule has 0 bridgehead atoms. The van der Waals surface area contributed by atoms with Crippen LogP contribution in [0.5, 0.6) is 0 Å². The molecule has 20 heavy (non-hydrogen) atoms. The summed E-state index contributed by atoms with van der Waals surface area (Å²) in [5.41, 5.74) is 0.955. The molecular weight excluding hydrogens is 274 g/mol. The van der Waals surface area contributed by atoms with Crippen LogP contribution in [0, 0.1) is 0 Å². The number of sulfone groups is 1. The molecule has 0 radical (unpaired) electrons. The Morgan fingerprint density at radius 1 is 1.35 bits per heavy atom. The lowest BCUT2D eigenvalue weighted by molar-refractivity contribution is -0.127. The summed E-state index contributed by atoms with van der Waals surface area (Å²) in [6, 6.07) is 9.38. The molecular formula is C15H19NO3S. The zero-order valence-electron chi connectivity index (χ0n) is 11.5. The third-order valence-corrected chi connectivity index (χ3v) is 5.24. The Kier molecular flexibility index (Phi) is 4.60. The van der Waals surface area contributed by atoms with Gasteiger partial charge >= 0.3 is 0 Å². The molecule has 0 aliphatic carbocycles. The van der Waals surface area contributed by atoms with Crippen molar-refractivity contribution in [1.82, 2.24) is 4.90 Å². The molecule has 0 N–H and O–H groups in total. The molecule has 0 spiro atoms. The SMILES string of the molecule is CCN(C(=O)/C=C/c1ccccc1)C1CCS(=O)(=O)C1. The van der Waals surface area contributed by atoms with E-state index in [4.69, 9.17) is 0 Å². The molecule has 108 valence electrons. The van der Waals surface area contributed by atoms with E-state index in [1.54, 1.807) is 11.0 Å². The summed E-state index contributed by atoms with van der Waals surface area (Å²) in [6.45, 7) is 2.40. The van der Waals surface area contributed by atoms with Gasteiger partial charge in [0.1, 0.15) is 0 Å². The fourth-order valence-electron chi connectivity index (χ4n) is 2.44. The lowest BCUT2D eigenvalue weighted by Gasteiger charge is -2.25.